The molecule has 5 heteroatoms. The molecule has 2 aromatic rings. The molecule has 0 aliphatic carbocycles. The van der Waals surface area contributed by atoms with Gasteiger partial charge >= 0.3 is 0 Å². The van der Waals surface area contributed by atoms with Crippen molar-refractivity contribution >= 4 is 8.32 Å². The lowest BCUT2D eigenvalue weighted by Crippen LogP contribution is -2.38. The van der Waals surface area contributed by atoms with Crippen LogP contribution >= 0.6 is 0 Å². The monoisotopic (exact) mass is 377 g/mol. The summed E-state index contributed by atoms with van der Waals surface area (Å²) in [7, 11) is -1.86. The highest BCUT2D eigenvalue weighted by molar-refractivity contribution is 6.73. The molecule has 0 radical (unpaired) electrons. The van der Waals surface area contributed by atoms with E-state index in [0.29, 0.717) is 25.6 Å². The zero-order valence-electron chi connectivity index (χ0n) is 17.4. The Morgan fingerprint density at radius 1 is 1.04 bits per heavy atom. The van der Waals surface area contributed by atoms with Gasteiger partial charge in [0.15, 0.2) is 8.32 Å². The van der Waals surface area contributed by atoms with Crippen LogP contribution in [0.4, 0.5) is 0 Å². The van der Waals surface area contributed by atoms with Crippen molar-refractivity contribution in [3.63, 3.8) is 0 Å². The van der Waals surface area contributed by atoms with Crippen LogP contribution in [0.2, 0.25) is 18.1 Å². The Bertz CT molecular complexity index is 662. The van der Waals surface area contributed by atoms with Crippen molar-refractivity contribution in [1.29, 1.82) is 0 Å². The Morgan fingerprint density at radius 3 is 2.35 bits per heavy atom. The van der Waals surface area contributed by atoms with Gasteiger partial charge in [0.2, 0.25) is 0 Å². The molecule has 0 saturated carbocycles. The highest BCUT2D eigenvalue weighted by Gasteiger charge is 2.34. The molecule has 0 N–H and O–H groups in total. The number of ether oxygens (including phenoxy) is 2. The molecule has 1 unspecified atom stereocenters. The fraction of sp³-hybridized carbons (Fsp3) is 0.524. The maximum absolute atomic E-state index is 8.06. The van der Waals surface area contributed by atoms with Crippen LogP contribution in [-0.4, -0.2) is 21.5 Å². The van der Waals surface area contributed by atoms with Gasteiger partial charge in [0, 0.05) is 6.04 Å². The van der Waals surface area contributed by atoms with Crippen LogP contribution in [0.25, 0.3) is 0 Å². The van der Waals surface area contributed by atoms with Crippen molar-refractivity contribution in [2.75, 3.05) is 13.2 Å². The summed E-state index contributed by atoms with van der Waals surface area (Å²) in [6.07, 6.45) is -0.321. The van der Waals surface area contributed by atoms with Gasteiger partial charge < -0.3 is 18.3 Å². The molecule has 0 bridgehead atoms. The van der Waals surface area contributed by atoms with E-state index in [1.807, 2.05) is 37.3 Å². The number of benzene rings is 1. The average molecular weight is 378 g/mol. The van der Waals surface area contributed by atoms with Crippen LogP contribution < -0.4 is 4.74 Å². The van der Waals surface area contributed by atoms with Crippen LogP contribution in [0, 0.1) is 0 Å². The van der Waals surface area contributed by atoms with Crippen LogP contribution in [-0.2, 0) is 15.8 Å². The molecule has 2 rings (SSSR count). The summed E-state index contributed by atoms with van der Waals surface area (Å²) < 4.78 is 31.9. The van der Waals surface area contributed by atoms with E-state index in [-0.39, 0.29) is 18.1 Å². The molecule has 0 fully saturated rings. The minimum Gasteiger partial charge on any atom is -0.465 e. The van der Waals surface area contributed by atoms with Gasteiger partial charge in [-0.3, -0.25) is 0 Å². The van der Waals surface area contributed by atoms with Crippen molar-refractivity contribution in [3.05, 3.63) is 53.8 Å². The lowest BCUT2D eigenvalue weighted by atomic mass is 10.2. The van der Waals surface area contributed by atoms with Crippen LogP contribution in [0.3, 0.4) is 0 Å². The van der Waals surface area contributed by atoms with E-state index < -0.39 is 8.32 Å². The SMILES string of the molecule is [2H]c1cc(C(COCc2ccccc2)O[Si](CC)(CC)CC)oc1OCC. The summed E-state index contributed by atoms with van der Waals surface area (Å²) in [6.45, 7) is 9.85. The van der Waals surface area contributed by atoms with Crippen molar-refractivity contribution < 1.29 is 19.7 Å². The molecule has 1 atom stereocenters. The second-order valence-corrected chi connectivity index (χ2v) is 11.1. The van der Waals surface area contributed by atoms with Gasteiger partial charge in [-0.15, -0.1) is 0 Å². The van der Waals surface area contributed by atoms with Gasteiger partial charge in [-0.25, -0.2) is 0 Å². The molecule has 0 aliphatic heterocycles. The van der Waals surface area contributed by atoms with E-state index >= 15 is 0 Å². The standard InChI is InChI=1S/C21H32O4Si/c1-5-23-21-15-14-19(24-21)20(25-26(6-2,7-3)8-4)17-22-16-18-12-10-9-11-13-18/h9-15,20H,5-8,16-17H2,1-4H3/i15D. The maximum Gasteiger partial charge on any atom is 0.284 e. The predicted molar refractivity (Wildman–Crippen MR) is 107 cm³/mol. The van der Waals surface area contributed by atoms with E-state index in [0.717, 1.165) is 23.7 Å². The Kier molecular flexibility index (Phi) is 7.80. The summed E-state index contributed by atoms with van der Waals surface area (Å²) in [6, 6.07) is 15.2. The summed E-state index contributed by atoms with van der Waals surface area (Å²) in [5, 5.41) is 0. The minimum absolute atomic E-state index is 0.250. The molecule has 144 valence electrons. The Labute approximate surface area is 160 Å². The normalized spacial score (nSPS) is 13.5. The van der Waals surface area contributed by atoms with E-state index in [1.165, 1.54) is 0 Å². The first kappa shape index (κ1) is 19.2. The quantitative estimate of drug-likeness (QED) is 0.428. The topological polar surface area (TPSA) is 40.8 Å². The second-order valence-electron chi connectivity index (χ2n) is 6.36. The molecular weight excluding hydrogens is 344 g/mol. The first-order valence-corrected chi connectivity index (χ1v) is 12.1. The molecule has 1 heterocycles. The van der Waals surface area contributed by atoms with Gasteiger partial charge in [0.05, 0.1) is 21.2 Å². The van der Waals surface area contributed by atoms with E-state index in [4.69, 9.17) is 19.7 Å². The number of furan rings is 1. The van der Waals surface area contributed by atoms with Crippen molar-refractivity contribution in [2.24, 2.45) is 0 Å². The molecule has 4 nitrogen and oxygen atoms in total. The van der Waals surface area contributed by atoms with E-state index in [2.05, 4.69) is 20.8 Å². The largest absolute Gasteiger partial charge is 0.465 e. The Hall–Kier alpha value is -1.56. The summed E-state index contributed by atoms with van der Waals surface area (Å²) >= 11 is 0. The zero-order valence-corrected chi connectivity index (χ0v) is 17.4. The second kappa shape index (κ2) is 10.6. The third-order valence-electron chi connectivity index (χ3n) is 4.84. The summed E-state index contributed by atoms with van der Waals surface area (Å²) in [4.78, 5) is 0. The van der Waals surface area contributed by atoms with Gasteiger partial charge in [-0.05, 0) is 36.7 Å². The van der Waals surface area contributed by atoms with Crippen molar-refractivity contribution in [1.82, 2.24) is 0 Å². The smallest absolute Gasteiger partial charge is 0.284 e. The number of hydrogen-bond donors (Lipinski definition) is 0. The average Bonchev–Trinajstić information content (AvgIpc) is 3.06. The molecule has 1 aromatic carbocycles. The predicted octanol–water partition coefficient (Wildman–Crippen LogP) is 5.96. The van der Waals surface area contributed by atoms with Gasteiger partial charge in [-0.2, -0.15) is 0 Å². The molecule has 0 saturated heterocycles. The summed E-state index contributed by atoms with van der Waals surface area (Å²) in [5.74, 6) is 0.865. The van der Waals surface area contributed by atoms with Gasteiger partial charge in [0.1, 0.15) is 11.9 Å². The molecule has 26 heavy (non-hydrogen) atoms. The maximum atomic E-state index is 8.06. The molecule has 0 amide bonds. The fourth-order valence-corrected chi connectivity index (χ4v) is 5.78. The number of rotatable bonds is 12. The van der Waals surface area contributed by atoms with E-state index in [9.17, 15) is 0 Å². The van der Waals surface area contributed by atoms with Crippen molar-refractivity contribution in [2.45, 2.75) is 58.5 Å². The van der Waals surface area contributed by atoms with Crippen LogP contribution in [0.15, 0.2) is 46.9 Å². The third kappa shape index (κ3) is 5.73. The minimum atomic E-state index is -1.86. The van der Waals surface area contributed by atoms with E-state index in [1.54, 1.807) is 6.07 Å². The fourth-order valence-electron chi connectivity index (χ4n) is 2.99. The lowest BCUT2D eigenvalue weighted by Gasteiger charge is -2.32. The third-order valence-corrected chi connectivity index (χ3v) is 9.49. The first-order valence-electron chi connectivity index (χ1n) is 10.1. The van der Waals surface area contributed by atoms with Gasteiger partial charge in [0.25, 0.3) is 5.95 Å². The molecular formula is C21H32O4Si. The van der Waals surface area contributed by atoms with Gasteiger partial charge in [-0.1, -0.05) is 51.1 Å². The zero-order chi connectivity index (χ0) is 19.7. The number of hydrogen-bond acceptors (Lipinski definition) is 4. The Balaban J connectivity index is 2.15. The molecule has 0 aliphatic rings. The highest BCUT2D eigenvalue weighted by atomic mass is 28.4. The molecule has 0 spiro atoms. The lowest BCUT2D eigenvalue weighted by molar-refractivity contribution is 0.0232. The highest BCUT2D eigenvalue weighted by Crippen LogP contribution is 2.32. The van der Waals surface area contributed by atoms with Crippen LogP contribution in [0.1, 0.15) is 46.5 Å². The molecule has 1 aromatic heterocycles. The van der Waals surface area contributed by atoms with Crippen molar-refractivity contribution in [3.8, 4) is 5.95 Å². The van der Waals surface area contributed by atoms with Crippen LogP contribution in [0.5, 0.6) is 5.95 Å². The Morgan fingerprint density at radius 2 is 1.73 bits per heavy atom. The first-order chi connectivity index (χ1) is 13.1. The summed E-state index contributed by atoms with van der Waals surface area (Å²) in [5.41, 5.74) is 1.12.